The summed E-state index contributed by atoms with van der Waals surface area (Å²) in [5.41, 5.74) is -21.2. The van der Waals surface area contributed by atoms with Gasteiger partial charge in [-0.1, -0.05) is 0 Å². The van der Waals surface area contributed by atoms with Crippen molar-refractivity contribution in [1.29, 1.82) is 0 Å². The first-order chi connectivity index (χ1) is 9.12. The number of rotatable bonds is 3. The van der Waals surface area contributed by atoms with Crippen LogP contribution in [-0.2, 0) is 51.9 Å². The Hall–Kier alpha value is -0.0397. The van der Waals surface area contributed by atoms with Crippen molar-refractivity contribution in [2.75, 3.05) is 0 Å². The maximum atomic E-state index is 12.0. The molecule has 0 saturated carbocycles. The molecular formula is C4AgF9O6S3. The number of halogens is 9. The fourth-order valence-electron chi connectivity index (χ4n) is 0.717. The molecule has 23 heavy (non-hydrogen) atoms. The summed E-state index contributed by atoms with van der Waals surface area (Å²) in [5.74, 6) is 0. The molecular weight excluding hydrogens is 519 g/mol. The largest absolute Gasteiger partial charge is 1.00 e. The van der Waals surface area contributed by atoms with Crippen molar-refractivity contribution in [3.8, 4) is 0 Å². The van der Waals surface area contributed by atoms with Crippen LogP contribution in [0.25, 0.3) is 0 Å². The molecule has 0 aliphatic rings. The summed E-state index contributed by atoms with van der Waals surface area (Å²) in [5, 5.41) is 0. The van der Waals surface area contributed by atoms with Crippen LogP contribution in [0.5, 0.6) is 0 Å². The van der Waals surface area contributed by atoms with Crippen LogP contribution in [0.2, 0.25) is 0 Å². The number of hydrogen-bond acceptors (Lipinski definition) is 6. The summed E-state index contributed by atoms with van der Waals surface area (Å²) in [6.45, 7) is 0. The van der Waals surface area contributed by atoms with Crippen molar-refractivity contribution < 1.29 is 87.1 Å². The molecule has 144 valence electrons. The van der Waals surface area contributed by atoms with Crippen molar-refractivity contribution in [2.24, 2.45) is 0 Å². The van der Waals surface area contributed by atoms with E-state index in [0.717, 1.165) is 0 Å². The van der Waals surface area contributed by atoms with Crippen LogP contribution in [-0.4, -0.2) is 41.8 Å². The Morgan fingerprint density at radius 2 is 0.609 bits per heavy atom. The Kier molecular flexibility index (Phi) is 6.96. The van der Waals surface area contributed by atoms with Gasteiger partial charge in [0.05, 0.1) is 3.91 Å². The first-order valence-corrected chi connectivity index (χ1v) is 8.38. The van der Waals surface area contributed by atoms with E-state index in [-0.39, 0.29) is 22.4 Å². The minimum Gasteiger partial charge on any atom is -0.251 e. The Morgan fingerprint density at radius 3 is 0.696 bits per heavy atom. The van der Waals surface area contributed by atoms with Crippen molar-refractivity contribution >= 4 is 29.5 Å². The van der Waals surface area contributed by atoms with Crippen LogP contribution < -0.4 is 0 Å². The van der Waals surface area contributed by atoms with Gasteiger partial charge in [-0.25, -0.2) is 0 Å². The fourth-order valence-corrected chi connectivity index (χ4v) is 6.45. The summed E-state index contributed by atoms with van der Waals surface area (Å²) in [6, 6.07) is 0. The van der Waals surface area contributed by atoms with E-state index in [9.17, 15) is 64.8 Å². The standard InChI is InChI=1S/C4F9O6S3.Ag/c5-2(6,7)20(14,15)1(21(16,17)3(8,9)10)22(18,19)4(11,12)13;/q-1;+1. The number of alkyl halides is 9. The first-order valence-electron chi connectivity index (χ1n) is 3.93. The van der Waals surface area contributed by atoms with E-state index in [2.05, 4.69) is 0 Å². The zero-order valence-electron chi connectivity index (χ0n) is 9.38. The molecule has 0 bridgehead atoms. The van der Waals surface area contributed by atoms with Gasteiger partial charge in [0.1, 0.15) is 0 Å². The quantitative estimate of drug-likeness (QED) is 0.316. The van der Waals surface area contributed by atoms with E-state index in [1.165, 1.54) is 0 Å². The maximum absolute atomic E-state index is 12.0. The molecule has 19 heteroatoms. The summed E-state index contributed by atoms with van der Waals surface area (Å²) in [6.07, 6.45) is 0. The number of sulfone groups is 3. The Labute approximate surface area is 137 Å². The molecule has 0 aromatic carbocycles. The second kappa shape index (κ2) is 6.36. The third-order valence-electron chi connectivity index (χ3n) is 1.57. The third kappa shape index (κ3) is 4.33. The molecule has 0 aromatic rings. The Balaban J connectivity index is 0. The van der Waals surface area contributed by atoms with Crippen LogP contribution >= 0.6 is 0 Å². The Morgan fingerprint density at radius 1 is 0.478 bits per heavy atom. The van der Waals surface area contributed by atoms with E-state index < -0.39 is 50.0 Å². The zero-order chi connectivity index (χ0) is 18.6. The molecule has 0 heterocycles. The number of hydrogen-bond donors (Lipinski definition) is 0. The van der Waals surface area contributed by atoms with Gasteiger partial charge in [-0.05, 0) is 0 Å². The van der Waals surface area contributed by atoms with Gasteiger partial charge in [0.2, 0.25) is 0 Å². The molecule has 0 rings (SSSR count). The van der Waals surface area contributed by atoms with Gasteiger partial charge in [0, 0.05) is 0 Å². The van der Waals surface area contributed by atoms with Crippen molar-refractivity contribution in [3.05, 3.63) is 3.91 Å². The predicted octanol–water partition coefficient (Wildman–Crippen LogP) is 1.23. The minimum atomic E-state index is -8.02. The summed E-state index contributed by atoms with van der Waals surface area (Å²) in [7, 11) is -24.1. The van der Waals surface area contributed by atoms with Gasteiger partial charge >= 0.3 is 38.9 Å². The molecule has 0 atom stereocenters. The fraction of sp³-hybridized carbons (Fsp3) is 0.750. The van der Waals surface area contributed by atoms with Crippen molar-refractivity contribution in [3.63, 3.8) is 0 Å². The SMILES string of the molecule is O=S(=O)([C-](S(=O)(=O)C(F)(F)F)S(=O)(=O)C(F)(F)F)C(F)(F)F.[Ag+]. The van der Waals surface area contributed by atoms with Crippen molar-refractivity contribution in [2.45, 2.75) is 16.5 Å². The third-order valence-corrected chi connectivity index (χ3v) is 8.67. The van der Waals surface area contributed by atoms with Gasteiger partial charge in [0.25, 0.3) is 0 Å². The zero-order valence-corrected chi connectivity index (χ0v) is 13.3. The predicted molar refractivity (Wildman–Crippen MR) is 48.2 cm³/mol. The molecule has 0 saturated heterocycles. The molecule has 0 amide bonds. The average Bonchev–Trinajstić information content (AvgIpc) is 2.09. The Bertz CT molecular complexity index is 634. The summed E-state index contributed by atoms with van der Waals surface area (Å²) in [4.78, 5) is 0. The van der Waals surface area contributed by atoms with Gasteiger partial charge in [0.15, 0.2) is 29.5 Å². The normalized spacial score (nSPS) is 15.4. The van der Waals surface area contributed by atoms with Crippen LogP contribution in [0.1, 0.15) is 0 Å². The van der Waals surface area contributed by atoms with E-state index in [0.29, 0.717) is 0 Å². The van der Waals surface area contributed by atoms with Crippen LogP contribution in [0.3, 0.4) is 0 Å². The maximum Gasteiger partial charge on any atom is 1.00 e. The van der Waals surface area contributed by atoms with Gasteiger partial charge in [-0.15, -0.1) is 0 Å². The van der Waals surface area contributed by atoms with E-state index in [1.54, 1.807) is 0 Å². The van der Waals surface area contributed by atoms with E-state index >= 15 is 0 Å². The van der Waals surface area contributed by atoms with E-state index in [4.69, 9.17) is 0 Å². The minimum absolute atomic E-state index is 0. The van der Waals surface area contributed by atoms with Crippen LogP contribution in [0.4, 0.5) is 39.5 Å². The molecule has 0 aromatic heterocycles. The molecule has 0 aliphatic carbocycles. The van der Waals surface area contributed by atoms with Crippen LogP contribution in [0, 0.1) is 3.91 Å². The van der Waals surface area contributed by atoms with Crippen molar-refractivity contribution in [1.82, 2.24) is 0 Å². The van der Waals surface area contributed by atoms with Crippen LogP contribution in [0.15, 0.2) is 0 Å². The molecule has 0 unspecified atom stereocenters. The first kappa shape index (κ1) is 25.2. The van der Waals surface area contributed by atoms with Gasteiger partial charge < -0.3 is 0 Å². The molecule has 0 N–H and O–H groups in total. The molecule has 0 radical (unpaired) electrons. The molecule has 0 spiro atoms. The summed E-state index contributed by atoms with van der Waals surface area (Å²) >= 11 is 0. The molecule has 6 nitrogen and oxygen atoms in total. The molecule has 0 aliphatic heterocycles. The van der Waals surface area contributed by atoms with E-state index in [1.807, 2.05) is 0 Å². The molecule has 0 fully saturated rings. The second-order valence-electron chi connectivity index (χ2n) is 3.10. The topological polar surface area (TPSA) is 102 Å². The average molecular weight is 519 g/mol. The van der Waals surface area contributed by atoms with Gasteiger partial charge in [-0.3, -0.25) is 25.3 Å². The monoisotopic (exact) mass is 518 g/mol. The smallest absolute Gasteiger partial charge is 0.251 e. The second-order valence-corrected chi connectivity index (χ2v) is 9.51. The summed E-state index contributed by atoms with van der Waals surface area (Å²) < 4.78 is 167. The van der Waals surface area contributed by atoms with Gasteiger partial charge in [-0.2, -0.15) is 39.5 Å².